The molecule has 1 amide bonds. The number of rotatable bonds is 5. The van der Waals surface area contributed by atoms with Gasteiger partial charge in [-0.25, -0.2) is 9.59 Å². The normalized spacial score (nSPS) is 11.5. The first-order valence-corrected chi connectivity index (χ1v) is 6.09. The minimum atomic E-state index is -1.32. The summed E-state index contributed by atoms with van der Waals surface area (Å²) >= 11 is 3.23. The van der Waals surface area contributed by atoms with Crippen LogP contribution in [-0.4, -0.2) is 36.1 Å². The van der Waals surface area contributed by atoms with Crippen molar-refractivity contribution in [2.75, 3.05) is 7.11 Å². The molecule has 1 atom stereocenters. The summed E-state index contributed by atoms with van der Waals surface area (Å²) in [5.41, 5.74) is 0.376. The maximum Gasteiger partial charge on any atom is 0.407 e. The van der Waals surface area contributed by atoms with Gasteiger partial charge < -0.3 is 15.2 Å². The smallest absolute Gasteiger partial charge is 0.407 e. The number of Topliss-reactive ketones (excluding diaryl/α,β-unsaturated/α-hetero) is 1. The van der Waals surface area contributed by atoms with E-state index in [1.165, 1.54) is 0 Å². The van der Waals surface area contributed by atoms with Gasteiger partial charge >= 0.3 is 12.1 Å². The Kier molecular flexibility index (Phi) is 5.50. The molecule has 0 spiro atoms. The Morgan fingerprint density at radius 2 is 1.89 bits per heavy atom. The average Bonchev–Trinajstić information content (AvgIpc) is 2.38. The number of halogens is 1. The zero-order chi connectivity index (χ0) is 14.4. The van der Waals surface area contributed by atoms with Crippen LogP contribution >= 0.6 is 15.9 Å². The van der Waals surface area contributed by atoms with Crippen LogP contribution in [-0.2, 0) is 9.53 Å². The lowest BCUT2D eigenvalue weighted by Crippen LogP contribution is -2.42. The molecule has 0 fully saturated rings. The number of benzene rings is 1. The van der Waals surface area contributed by atoms with Gasteiger partial charge in [-0.15, -0.1) is 0 Å². The highest BCUT2D eigenvalue weighted by molar-refractivity contribution is 9.10. The van der Waals surface area contributed by atoms with Gasteiger partial charge in [-0.2, -0.15) is 0 Å². The number of amides is 1. The highest BCUT2D eigenvalue weighted by Gasteiger charge is 2.24. The Morgan fingerprint density at radius 1 is 1.32 bits per heavy atom. The van der Waals surface area contributed by atoms with Crippen molar-refractivity contribution in [3.8, 4) is 0 Å². The highest BCUT2D eigenvalue weighted by atomic mass is 79.9. The number of methoxy groups -OCH3 is 1. The highest BCUT2D eigenvalue weighted by Crippen LogP contribution is 2.12. The van der Waals surface area contributed by atoms with E-state index >= 15 is 0 Å². The molecule has 0 heterocycles. The summed E-state index contributed by atoms with van der Waals surface area (Å²) in [6.45, 7) is 0. The summed E-state index contributed by atoms with van der Waals surface area (Å²) < 4.78 is 5.11. The number of nitrogens with one attached hydrogen (secondary N) is 1. The minimum Gasteiger partial charge on any atom is -0.480 e. The molecule has 1 rings (SSSR count). The summed E-state index contributed by atoms with van der Waals surface area (Å²) in [6, 6.07) is 5.18. The van der Waals surface area contributed by atoms with Crippen LogP contribution in [0.1, 0.15) is 16.8 Å². The van der Waals surface area contributed by atoms with E-state index in [4.69, 9.17) is 5.11 Å². The third-order valence-corrected chi connectivity index (χ3v) is 2.86. The quantitative estimate of drug-likeness (QED) is 0.804. The second kappa shape index (κ2) is 6.89. The van der Waals surface area contributed by atoms with E-state index in [1.807, 2.05) is 0 Å². The minimum absolute atomic E-state index is 0.341. The fourth-order valence-electron chi connectivity index (χ4n) is 1.34. The van der Waals surface area contributed by atoms with Crippen LogP contribution in [0.3, 0.4) is 0 Å². The topological polar surface area (TPSA) is 92.7 Å². The molecule has 2 N–H and O–H groups in total. The number of ketones is 1. The molecule has 19 heavy (non-hydrogen) atoms. The molecule has 0 unspecified atom stereocenters. The van der Waals surface area contributed by atoms with Gasteiger partial charge in [0.05, 0.1) is 7.11 Å². The van der Waals surface area contributed by atoms with Crippen molar-refractivity contribution in [3.05, 3.63) is 34.3 Å². The average molecular weight is 330 g/mol. The predicted molar refractivity (Wildman–Crippen MR) is 70.1 cm³/mol. The number of carboxylic acid groups (broad SMARTS) is 1. The van der Waals surface area contributed by atoms with Crippen LogP contribution in [0.4, 0.5) is 4.79 Å². The molecule has 0 saturated carbocycles. The molecule has 0 aliphatic rings. The molecule has 0 radical (unpaired) electrons. The number of ether oxygens (including phenoxy) is 1. The van der Waals surface area contributed by atoms with E-state index in [1.54, 1.807) is 24.3 Å². The van der Waals surface area contributed by atoms with E-state index in [-0.39, 0.29) is 12.2 Å². The third-order valence-electron chi connectivity index (χ3n) is 2.33. The monoisotopic (exact) mass is 329 g/mol. The van der Waals surface area contributed by atoms with Crippen molar-refractivity contribution in [1.82, 2.24) is 5.32 Å². The Bertz CT molecular complexity index is 485. The zero-order valence-electron chi connectivity index (χ0n) is 10.1. The number of hydrogen-bond acceptors (Lipinski definition) is 4. The zero-order valence-corrected chi connectivity index (χ0v) is 11.6. The molecule has 0 aliphatic carbocycles. The molecular formula is C12H12BrNO5. The summed E-state index contributed by atoms with van der Waals surface area (Å²) in [6.07, 6.45) is -1.23. The standard InChI is InChI=1S/C12H12BrNO5/c1-19-12(18)14-9(11(16)17)6-10(15)7-2-4-8(13)5-3-7/h2-5,9H,6H2,1H3,(H,14,18)(H,16,17)/t9-/m1/s1. The molecule has 102 valence electrons. The fourth-order valence-corrected chi connectivity index (χ4v) is 1.60. The van der Waals surface area contributed by atoms with Crippen LogP contribution in [0.5, 0.6) is 0 Å². The Labute approximate surface area is 117 Å². The van der Waals surface area contributed by atoms with Crippen molar-refractivity contribution < 1.29 is 24.2 Å². The molecule has 7 heteroatoms. The van der Waals surface area contributed by atoms with Gasteiger partial charge in [0.2, 0.25) is 0 Å². The lowest BCUT2D eigenvalue weighted by Gasteiger charge is -2.12. The van der Waals surface area contributed by atoms with Gasteiger partial charge in [0.15, 0.2) is 5.78 Å². The van der Waals surface area contributed by atoms with E-state index in [2.05, 4.69) is 26.0 Å². The first-order chi connectivity index (χ1) is 8.93. The Hall–Kier alpha value is -1.89. The Balaban J connectivity index is 2.73. The number of carbonyl (C=O) groups is 3. The van der Waals surface area contributed by atoms with Gasteiger partial charge in [0.25, 0.3) is 0 Å². The van der Waals surface area contributed by atoms with Crippen molar-refractivity contribution in [2.24, 2.45) is 0 Å². The lowest BCUT2D eigenvalue weighted by molar-refractivity contribution is -0.139. The van der Waals surface area contributed by atoms with Crippen LogP contribution in [0.25, 0.3) is 0 Å². The molecule has 1 aromatic carbocycles. The van der Waals surface area contributed by atoms with Gasteiger partial charge in [0, 0.05) is 16.5 Å². The van der Waals surface area contributed by atoms with Crippen LogP contribution < -0.4 is 5.32 Å². The molecule has 0 bridgehead atoms. The van der Waals surface area contributed by atoms with Crippen LogP contribution in [0.2, 0.25) is 0 Å². The van der Waals surface area contributed by atoms with E-state index < -0.39 is 18.1 Å². The third kappa shape index (κ3) is 4.70. The largest absolute Gasteiger partial charge is 0.480 e. The first kappa shape index (κ1) is 15.2. The second-order valence-electron chi connectivity index (χ2n) is 3.66. The van der Waals surface area contributed by atoms with Gasteiger partial charge in [-0.05, 0) is 12.1 Å². The van der Waals surface area contributed by atoms with Gasteiger partial charge in [-0.3, -0.25) is 4.79 Å². The van der Waals surface area contributed by atoms with E-state index in [9.17, 15) is 14.4 Å². The number of alkyl carbamates (subject to hydrolysis) is 1. The molecular weight excluding hydrogens is 318 g/mol. The summed E-state index contributed by atoms with van der Waals surface area (Å²) in [5, 5.41) is 11.0. The summed E-state index contributed by atoms with van der Waals surface area (Å²) in [7, 11) is 1.12. The number of carboxylic acids is 1. The number of carbonyl (C=O) groups excluding carboxylic acids is 2. The molecule has 0 aromatic heterocycles. The molecule has 1 aromatic rings. The predicted octanol–water partition coefficient (Wildman–Crippen LogP) is 1.83. The van der Waals surface area contributed by atoms with Gasteiger partial charge in [0.1, 0.15) is 6.04 Å². The van der Waals surface area contributed by atoms with E-state index in [0.717, 1.165) is 11.6 Å². The molecule has 0 saturated heterocycles. The summed E-state index contributed by atoms with van der Waals surface area (Å²) in [4.78, 5) is 33.8. The summed E-state index contributed by atoms with van der Waals surface area (Å²) in [5.74, 6) is -1.67. The van der Waals surface area contributed by atoms with Crippen LogP contribution in [0.15, 0.2) is 28.7 Å². The van der Waals surface area contributed by atoms with Crippen molar-refractivity contribution in [2.45, 2.75) is 12.5 Å². The maximum absolute atomic E-state index is 11.9. The van der Waals surface area contributed by atoms with Crippen molar-refractivity contribution >= 4 is 33.8 Å². The second-order valence-corrected chi connectivity index (χ2v) is 4.58. The molecule has 6 nitrogen and oxygen atoms in total. The number of aliphatic carboxylic acids is 1. The number of hydrogen-bond donors (Lipinski definition) is 2. The fraction of sp³-hybridized carbons (Fsp3) is 0.250. The van der Waals surface area contributed by atoms with Crippen molar-refractivity contribution in [1.29, 1.82) is 0 Å². The Morgan fingerprint density at radius 3 is 2.37 bits per heavy atom. The van der Waals surface area contributed by atoms with E-state index in [0.29, 0.717) is 5.56 Å². The maximum atomic E-state index is 11.9. The van der Waals surface area contributed by atoms with Crippen molar-refractivity contribution in [3.63, 3.8) is 0 Å². The SMILES string of the molecule is COC(=O)N[C@H](CC(=O)c1ccc(Br)cc1)C(=O)O. The van der Waals surface area contributed by atoms with Crippen LogP contribution in [0, 0.1) is 0 Å². The van der Waals surface area contributed by atoms with Gasteiger partial charge in [-0.1, -0.05) is 28.1 Å². The lowest BCUT2D eigenvalue weighted by atomic mass is 10.0. The molecule has 0 aliphatic heterocycles. The first-order valence-electron chi connectivity index (χ1n) is 5.30.